The number of fused-ring (bicyclic) bond motifs is 1. The second kappa shape index (κ2) is 4.97. The molecule has 0 aliphatic carbocycles. The summed E-state index contributed by atoms with van der Waals surface area (Å²) in [6, 6.07) is 3.93. The average molecular weight is 258 g/mol. The quantitative estimate of drug-likeness (QED) is 0.889. The van der Waals surface area contributed by atoms with Crippen molar-refractivity contribution in [1.82, 2.24) is 10.3 Å². The Morgan fingerprint density at radius 3 is 2.74 bits per heavy atom. The molecule has 0 fully saturated rings. The van der Waals surface area contributed by atoms with E-state index in [4.69, 9.17) is 9.47 Å². The molecule has 19 heavy (non-hydrogen) atoms. The number of aromatic amines is 1. The van der Waals surface area contributed by atoms with E-state index in [1.54, 1.807) is 14.2 Å². The largest absolute Gasteiger partial charge is 0.497 e. The number of methoxy groups -OCH3 is 2. The fourth-order valence-electron chi connectivity index (χ4n) is 2.60. The molecule has 0 atom stereocenters. The third-order valence-corrected chi connectivity index (χ3v) is 3.58. The van der Waals surface area contributed by atoms with Crippen molar-refractivity contribution in [3.05, 3.63) is 30.0 Å². The first-order chi connectivity index (χ1) is 9.33. The highest BCUT2D eigenvalue weighted by molar-refractivity contribution is 5.98. The average Bonchev–Trinajstić information content (AvgIpc) is 2.91. The van der Waals surface area contributed by atoms with Gasteiger partial charge in [0.2, 0.25) is 0 Å². The normalized spacial score (nSPS) is 15.4. The molecule has 4 heteroatoms. The second-order valence-corrected chi connectivity index (χ2v) is 4.64. The van der Waals surface area contributed by atoms with Crippen LogP contribution in [0.5, 0.6) is 11.5 Å². The van der Waals surface area contributed by atoms with E-state index in [1.165, 1.54) is 11.1 Å². The summed E-state index contributed by atoms with van der Waals surface area (Å²) in [6.07, 6.45) is 5.35. The molecular formula is C15H18N2O2. The summed E-state index contributed by atoms with van der Waals surface area (Å²) in [4.78, 5) is 3.31. The highest BCUT2D eigenvalue weighted by atomic mass is 16.5. The van der Waals surface area contributed by atoms with Gasteiger partial charge in [-0.1, -0.05) is 6.08 Å². The highest BCUT2D eigenvalue weighted by Crippen LogP contribution is 2.37. The van der Waals surface area contributed by atoms with Gasteiger partial charge in [0.05, 0.1) is 19.7 Å². The Kier molecular flexibility index (Phi) is 3.17. The van der Waals surface area contributed by atoms with Crippen molar-refractivity contribution in [2.75, 3.05) is 27.3 Å². The van der Waals surface area contributed by atoms with Gasteiger partial charge in [-0.2, -0.15) is 0 Å². The van der Waals surface area contributed by atoms with Crippen LogP contribution in [0.1, 0.15) is 12.0 Å². The summed E-state index contributed by atoms with van der Waals surface area (Å²) >= 11 is 0. The summed E-state index contributed by atoms with van der Waals surface area (Å²) in [6.45, 7) is 1.96. The van der Waals surface area contributed by atoms with Gasteiger partial charge in [-0.15, -0.1) is 0 Å². The molecule has 0 bridgehead atoms. The maximum Gasteiger partial charge on any atom is 0.132 e. The smallest absolute Gasteiger partial charge is 0.132 e. The fourth-order valence-corrected chi connectivity index (χ4v) is 2.60. The molecule has 2 heterocycles. The van der Waals surface area contributed by atoms with E-state index in [1.807, 2.05) is 12.1 Å². The molecule has 0 radical (unpaired) electrons. The first-order valence-electron chi connectivity index (χ1n) is 6.46. The maximum atomic E-state index is 5.52. The molecule has 0 saturated carbocycles. The van der Waals surface area contributed by atoms with Crippen LogP contribution in [0.3, 0.4) is 0 Å². The molecule has 4 nitrogen and oxygen atoms in total. The zero-order valence-corrected chi connectivity index (χ0v) is 11.2. The number of rotatable bonds is 3. The fraction of sp³-hybridized carbons (Fsp3) is 0.333. The number of nitrogens with one attached hydrogen (secondary N) is 2. The van der Waals surface area contributed by atoms with E-state index in [9.17, 15) is 0 Å². The van der Waals surface area contributed by atoms with E-state index in [0.29, 0.717) is 0 Å². The molecule has 0 unspecified atom stereocenters. The van der Waals surface area contributed by atoms with E-state index in [2.05, 4.69) is 22.6 Å². The lowest BCUT2D eigenvalue weighted by Gasteiger charge is -2.14. The first-order valence-corrected chi connectivity index (χ1v) is 6.46. The number of H-pyrrole nitrogens is 1. The van der Waals surface area contributed by atoms with Crippen LogP contribution in [0.25, 0.3) is 16.5 Å². The molecule has 0 spiro atoms. The van der Waals surface area contributed by atoms with Crippen molar-refractivity contribution in [3.8, 4) is 11.5 Å². The van der Waals surface area contributed by atoms with Crippen LogP contribution in [0, 0.1) is 0 Å². The summed E-state index contributed by atoms with van der Waals surface area (Å²) in [7, 11) is 3.36. The van der Waals surface area contributed by atoms with Gasteiger partial charge in [-0.25, -0.2) is 0 Å². The van der Waals surface area contributed by atoms with Gasteiger partial charge in [0.1, 0.15) is 11.5 Å². The summed E-state index contributed by atoms with van der Waals surface area (Å²) < 4.78 is 10.8. The summed E-state index contributed by atoms with van der Waals surface area (Å²) in [5.41, 5.74) is 3.65. The molecule has 3 rings (SSSR count). The lowest BCUT2D eigenvalue weighted by atomic mass is 9.99. The maximum absolute atomic E-state index is 5.52. The lowest BCUT2D eigenvalue weighted by molar-refractivity contribution is 0.398. The van der Waals surface area contributed by atoms with Crippen LogP contribution in [-0.2, 0) is 0 Å². The van der Waals surface area contributed by atoms with Gasteiger partial charge in [0.25, 0.3) is 0 Å². The van der Waals surface area contributed by atoms with Crippen molar-refractivity contribution in [2.24, 2.45) is 0 Å². The Labute approximate surface area is 112 Å². The van der Waals surface area contributed by atoms with Crippen molar-refractivity contribution in [3.63, 3.8) is 0 Å². The van der Waals surface area contributed by atoms with Crippen molar-refractivity contribution < 1.29 is 9.47 Å². The first kappa shape index (κ1) is 12.1. The summed E-state index contributed by atoms with van der Waals surface area (Å²) in [5.74, 6) is 1.65. The Bertz CT molecular complexity index is 628. The van der Waals surface area contributed by atoms with Crippen LogP contribution in [-0.4, -0.2) is 32.3 Å². The van der Waals surface area contributed by atoms with Crippen LogP contribution >= 0.6 is 0 Å². The molecule has 0 amide bonds. The Morgan fingerprint density at radius 1 is 1.16 bits per heavy atom. The Morgan fingerprint density at radius 2 is 2.05 bits per heavy atom. The minimum atomic E-state index is 0.803. The predicted molar refractivity (Wildman–Crippen MR) is 76.9 cm³/mol. The minimum Gasteiger partial charge on any atom is -0.497 e. The van der Waals surface area contributed by atoms with E-state index in [-0.39, 0.29) is 0 Å². The van der Waals surface area contributed by atoms with Crippen LogP contribution in [0.15, 0.2) is 24.4 Å². The molecule has 1 aliphatic rings. The van der Waals surface area contributed by atoms with Gasteiger partial charge >= 0.3 is 0 Å². The molecule has 1 aromatic carbocycles. The predicted octanol–water partition coefficient (Wildman–Crippen LogP) is 2.56. The van der Waals surface area contributed by atoms with E-state index < -0.39 is 0 Å². The molecule has 1 aromatic heterocycles. The number of hydrogen-bond acceptors (Lipinski definition) is 3. The monoisotopic (exact) mass is 258 g/mol. The SMILES string of the molecule is COc1cc(OC)c2c(C3=CCNCC3)c[nH]c2c1. The van der Waals surface area contributed by atoms with Gasteiger partial charge in [-0.3, -0.25) is 0 Å². The molecule has 0 saturated heterocycles. The standard InChI is InChI=1S/C15H18N2O2/c1-18-11-7-13-15(14(8-11)19-2)12(9-17-13)10-3-5-16-6-4-10/h3,7-9,16-17H,4-6H2,1-2H3. The molecule has 2 N–H and O–H groups in total. The van der Waals surface area contributed by atoms with Gasteiger partial charge < -0.3 is 19.8 Å². The zero-order chi connectivity index (χ0) is 13.2. The van der Waals surface area contributed by atoms with Crippen LogP contribution in [0.4, 0.5) is 0 Å². The summed E-state index contributed by atoms with van der Waals surface area (Å²) in [5, 5.41) is 4.47. The lowest BCUT2D eigenvalue weighted by Crippen LogP contribution is -2.19. The molecule has 100 valence electrons. The van der Waals surface area contributed by atoms with Gasteiger partial charge in [0.15, 0.2) is 0 Å². The number of hydrogen-bond donors (Lipinski definition) is 2. The van der Waals surface area contributed by atoms with E-state index >= 15 is 0 Å². The van der Waals surface area contributed by atoms with Crippen molar-refractivity contribution in [1.29, 1.82) is 0 Å². The zero-order valence-electron chi connectivity index (χ0n) is 11.2. The third kappa shape index (κ3) is 2.08. The van der Waals surface area contributed by atoms with Crippen molar-refractivity contribution in [2.45, 2.75) is 6.42 Å². The molecular weight excluding hydrogens is 240 g/mol. The number of ether oxygens (including phenoxy) is 2. The second-order valence-electron chi connectivity index (χ2n) is 4.64. The van der Waals surface area contributed by atoms with Gasteiger partial charge in [0, 0.05) is 35.8 Å². The highest BCUT2D eigenvalue weighted by Gasteiger charge is 2.15. The molecule has 1 aliphatic heterocycles. The third-order valence-electron chi connectivity index (χ3n) is 3.58. The Balaban J connectivity index is 2.18. The molecule has 2 aromatic rings. The minimum absolute atomic E-state index is 0.803. The Hall–Kier alpha value is -1.94. The van der Waals surface area contributed by atoms with Crippen LogP contribution in [0.2, 0.25) is 0 Å². The van der Waals surface area contributed by atoms with E-state index in [0.717, 1.165) is 41.9 Å². The number of aromatic nitrogens is 1. The van der Waals surface area contributed by atoms with Gasteiger partial charge in [-0.05, 0) is 18.5 Å². The topological polar surface area (TPSA) is 46.3 Å². The number of benzene rings is 1. The van der Waals surface area contributed by atoms with Crippen molar-refractivity contribution >= 4 is 16.5 Å². The van der Waals surface area contributed by atoms with Crippen LogP contribution < -0.4 is 14.8 Å².